The molecule has 1 aromatic heterocycles. The van der Waals surface area contributed by atoms with Crippen molar-refractivity contribution < 1.29 is 4.74 Å². The fourth-order valence-corrected chi connectivity index (χ4v) is 0.428. The molecule has 0 aliphatic carbocycles. The molecule has 4 heteroatoms. The van der Waals surface area contributed by atoms with Gasteiger partial charge in [0.1, 0.15) is 0 Å². The molecular weight excluding hydrogens is 118 g/mol. The van der Waals surface area contributed by atoms with Crippen molar-refractivity contribution in [2.45, 2.75) is 0 Å². The molecule has 9 heavy (non-hydrogen) atoms. The van der Waals surface area contributed by atoms with Crippen LogP contribution in [0, 0.1) is 6.20 Å². The van der Waals surface area contributed by atoms with Crippen LogP contribution in [-0.4, -0.2) is 17.1 Å². The third kappa shape index (κ3) is 1.28. The van der Waals surface area contributed by atoms with E-state index in [-0.39, 0.29) is 5.95 Å². The van der Waals surface area contributed by atoms with Crippen molar-refractivity contribution in [3.63, 3.8) is 0 Å². The predicted octanol–water partition coefficient (Wildman–Crippen LogP) is -0.132. The Bertz CT molecular complexity index is 201. The number of hydrogen-bond acceptors (Lipinski definition) is 4. The van der Waals surface area contributed by atoms with Gasteiger partial charge in [-0.05, 0) is 0 Å². The minimum atomic E-state index is 0.175. The zero-order valence-corrected chi connectivity index (χ0v) is 4.96. The monoisotopic (exact) mass is 124 g/mol. The molecule has 0 amide bonds. The molecule has 1 rings (SSSR count). The Labute approximate surface area is 52.7 Å². The van der Waals surface area contributed by atoms with Crippen LogP contribution >= 0.6 is 0 Å². The first-order valence-electron chi connectivity index (χ1n) is 2.37. The number of aromatic nitrogens is 2. The van der Waals surface area contributed by atoms with Gasteiger partial charge in [0.05, 0.1) is 13.3 Å². The summed E-state index contributed by atoms with van der Waals surface area (Å²) in [4.78, 5) is 7.25. The van der Waals surface area contributed by atoms with E-state index in [1.54, 1.807) is 0 Å². The van der Waals surface area contributed by atoms with E-state index in [1.807, 2.05) is 0 Å². The van der Waals surface area contributed by atoms with Crippen molar-refractivity contribution in [3.8, 4) is 5.88 Å². The van der Waals surface area contributed by atoms with Crippen LogP contribution in [0.3, 0.4) is 0 Å². The van der Waals surface area contributed by atoms with Gasteiger partial charge in [0, 0.05) is 6.07 Å². The number of rotatable bonds is 1. The molecule has 1 radical (unpaired) electrons. The fraction of sp³-hybridized carbons (Fsp3) is 0.200. The summed E-state index contributed by atoms with van der Waals surface area (Å²) < 4.78 is 4.73. The molecule has 0 saturated carbocycles. The molecule has 0 unspecified atom stereocenters. The highest BCUT2D eigenvalue weighted by Gasteiger charge is 1.90. The van der Waals surface area contributed by atoms with Gasteiger partial charge in [-0.25, -0.2) is 4.98 Å². The quantitative estimate of drug-likeness (QED) is 0.566. The summed E-state index contributed by atoms with van der Waals surface area (Å²) in [6.07, 6.45) is 2.52. The Hall–Kier alpha value is -1.32. The summed E-state index contributed by atoms with van der Waals surface area (Å²) in [6.45, 7) is 0. The smallest absolute Gasteiger partial charge is 0.223 e. The van der Waals surface area contributed by atoms with Gasteiger partial charge in [-0.3, -0.25) is 0 Å². The van der Waals surface area contributed by atoms with Crippen molar-refractivity contribution in [3.05, 3.63) is 12.3 Å². The normalized spacial score (nSPS) is 9.00. The highest BCUT2D eigenvalue weighted by atomic mass is 16.5. The molecule has 0 saturated heterocycles. The second-order valence-electron chi connectivity index (χ2n) is 1.40. The Kier molecular flexibility index (Phi) is 1.48. The minimum Gasteiger partial charge on any atom is -0.481 e. The number of nitrogen functional groups attached to an aromatic ring is 1. The van der Waals surface area contributed by atoms with Crippen LogP contribution in [0.5, 0.6) is 5.88 Å². The molecule has 0 fully saturated rings. The van der Waals surface area contributed by atoms with Crippen molar-refractivity contribution in [2.24, 2.45) is 0 Å². The van der Waals surface area contributed by atoms with Crippen molar-refractivity contribution in [1.29, 1.82) is 0 Å². The highest BCUT2D eigenvalue weighted by Crippen LogP contribution is 2.02. The summed E-state index contributed by atoms with van der Waals surface area (Å²) in [5.74, 6) is 0.608. The van der Waals surface area contributed by atoms with Crippen LogP contribution < -0.4 is 10.5 Å². The number of methoxy groups -OCH3 is 1. The largest absolute Gasteiger partial charge is 0.481 e. The first-order chi connectivity index (χ1) is 4.33. The zero-order valence-electron chi connectivity index (χ0n) is 4.96. The van der Waals surface area contributed by atoms with E-state index in [0.29, 0.717) is 5.88 Å². The highest BCUT2D eigenvalue weighted by molar-refractivity contribution is 5.19. The predicted molar refractivity (Wildman–Crippen MR) is 31.8 cm³/mol. The summed E-state index contributed by atoms with van der Waals surface area (Å²) in [5.41, 5.74) is 5.20. The summed E-state index contributed by atoms with van der Waals surface area (Å²) >= 11 is 0. The second kappa shape index (κ2) is 2.30. The summed E-state index contributed by atoms with van der Waals surface area (Å²) in [7, 11) is 1.51. The third-order valence-electron chi connectivity index (χ3n) is 0.801. The van der Waals surface area contributed by atoms with Gasteiger partial charge < -0.3 is 10.5 Å². The lowest BCUT2D eigenvalue weighted by molar-refractivity contribution is 0.397. The third-order valence-corrected chi connectivity index (χ3v) is 0.801. The maximum Gasteiger partial charge on any atom is 0.223 e. The van der Waals surface area contributed by atoms with Crippen LogP contribution in [0.15, 0.2) is 6.07 Å². The standard InChI is InChI=1S/C5H6N3O/c1-9-4-2-3-7-5(6)8-4/h2H,1H3,(H2,6,7,8). The van der Waals surface area contributed by atoms with Crippen molar-refractivity contribution in [2.75, 3.05) is 12.8 Å². The molecule has 4 nitrogen and oxygen atoms in total. The molecule has 0 aromatic carbocycles. The van der Waals surface area contributed by atoms with E-state index < -0.39 is 0 Å². The number of ether oxygens (including phenoxy) is 1. The Morgan fingerprint density at radius 3 is 3.00 bits per heavy atom. The average molecular weight is 124 g/mol. The van der Waals surface area contributed by atoms with E-state index in [0.717, 1.165) is 0 Å². The van der Waals surface area contributed by atoms with E-state index in [4.69, 9.17) is 10.5 Å². The topological polar surface area (TPSA) is 61.0 Å². The van der Waals surface area contributed by atoms with Crippen LogP contribution in [0.1, 0.15) is 0 Å². The van der Waals surface area contributed by atoms with Gasteiger partial charge >= 0.3 is 0 Å². The van der Waals surface area contributed by atoms with Crippen LogP contribution in [0.2, 0.25) is 0 Å². The lowest BCUT2D eigenvalue weighted by Crippen LogP contribution is -1.95. The zero-order chi connectivity index (χ0) is 6.69. The molecule has 0 aliphatic rings. The Morgan fingerprint density at radius 2 is 2.56 bits per heavy atom. The fourth-order valence-electron chi connectivity index (χ4n) is 0.428. The van der Waals surface area contributed by atoms with E-state index in [9.17, 15) is 0 Å². The second-order valence-corrected chi connectivity index (χ2v) is 1.40. The molecule has 0 spiro atoms. The molecule has 0 aliphatic heterocycles. The maximum atomic E-state index is 5.20. The van der Waals surface area contributed by atoms with E-state index in [1.165, 1.54) is 13.2 Å². The van der Waals surface area contributed by atoms with E-state index in [2.05, 4.69) is 16.2 Å². The molecule has 0 atom stereocenters. The summed E-state index contributed by atoms with van der Waals surface area (Å²) in [5, 5.41) is 0. The molecular formula is C5H6N3O. The lowest BCUT2D eigenvalue weighted by Gasteiger charge is -1.95. The molecule has 2 N–H and O–H groups in total. The van der Waals surface area contributed by atoms with Crippen LogP contribution in [0.25, 0.3) is 0 Å². The number of hydrogen-bond donors (Lipinski definition) is 1. The number of nitrogens with two attached hydrogens (primary N) is 1. The molecule has 1 aromatic rings. The number of nitrogens with zero attached hydrogens (tertiary/aromatic N) is 2. The van der Waals surface area contributed by atoms with E-state index >= 15 is 0 Å². The minimum absolute atomic E-state index is 0.175. The molecule has 1 heterocycles. The van der Waals surface area contributed by atoms with Gasteiger partial charge in [0.25, 0.3) is 0 Å². The van der Waals surface area contributed by atoms with Gasteiger partial charge in [-0.1, -0.05) is 0 Å². The first-order valence-corrected chi connectivity index (χ1v) is 2.37. The molecule has 47 valence electrons. The Balaban J connectivity index is 2.94. The van der Waals surface area contributed by atoms with Gasteiger partial charge in [0.15, 0.2) is 0 Å². The maximum absolute atomic E-state index is 5.20. The average Bonchev–Trinajstić information content (AvgIpc) is 1.88. The number of anilines is 1. The van der Waals surface area contributed by atoms with Crippen LogP contribution in [-0.2, 0) is 0 Å². The van der Waals surface area contributed by atoms with Crippen molar-refractivity contribution >= 4 is 5.95 Å². The summed E-state index contributed by atoms with van der Waals surface area (Å²) in [6, 6.07) is 1.51. The van der Waals surface area contributed by atoms with Gasteiger partial charge in [-0.15, -0.1) is 0 Å². The van der Waals surface area contributed by atoms with Gasteiger partial charge in [-0.2, -0.15) is 4.98 Å². The lowest BCUT2D eigenvalue weighted by atomic mass is 10.6. The van der Waals surface area contributed by atoms with Crippen molar-refractivity contribution in [1.82, 2.24) is 9.97 Å². The van der Waals surface area contributed by atoms with Gasteiger partial charge in [0.2, 0.25) is 11.8 Å². The first kappa shape index (κ1) is 5.81. The Morgan fingerprint density at radius 1 is 1.78 bits per heavy atom. The SMILES string of the molecule is COc1c[c]nc(N)n1. The molecule has 0 bridgehead atoms. The van der Waals surface area contributed by atoms with Crippen LogP contribution in [0.4, 0.5) is 5.95 Å².